The maximum absolute atomic E-state index is 11.7. The summed E-state index contributed by atoms with van der Waals surface area (Å²) in [6, 6.07) is -0.229. The van der Waals surface area contributed by atoms with Gasteiger partial charge in [-0.05, 0) is 19.4 Å². The molecule has 0 spiro atoms. The Bertz CT molecular complexity index is 261. The predicted molar refractivity (Wildman–Crippen MR) is 69.9 cm³/mol. The van der Waals surface area contributed by atoms with E-state index in [-0.39, 0.29) is 18.6 Å². The lowest BCUT2D eigenvalue weighted by atomic mass is 10.0. The molecule has 2 atom stereocenters. The number of carbonyl (C=O) groups is 1. The van der Waals surface area contributed by atoms with Crippen LogP contribution in [0.2, 0.25) is 0 Å². The first kappa shape index (κ1) is 16.4. The van der Waals surface area contributed by atoms with Crippen LogP contribution in [0.5, 0.6) is 0 Å². The lowest BCUT2D eigenvalue weighted by Gasteiger charge is -2.34. The second kappa shape index (κ2) is 9.25. The Balaban J connectivity index is 2.33. The molecule has 1 unspecified atom stereocenters. The highest BCUT2D eigenvalue weighted by Crippen LogP contribution is 2.18. The van der Waals surface area contributed by atoms with Gasteiger partial charge in [-0.2, -0.15) is 0 Å². The van der Waals surface area contributed by atoms with Gasteiger partial charge in [0.2, 0.25) is 0 Å². The van der Waals surface area contributed by atoms with Gasteiger partial charge in [0.1, 0.15) is 6.04 Å². The number of rotatable bonds is 8. The highest BCUT2D eigenvalue weighted by Gasteiger charge is 2.30. The fourth-order valence-electron chi connectivity index (χ4n) is 2.30. The number of hydrogen-bond donors (Lipinski definition) is 1. The van der Waals surface area contributed by atoms with E-state index in [0.29, 0.717) is 19.8 Å². The molecular formula is C13H25NO5. The zero-order valence-electron chi connectivity index (χ0n) is 11.8. The van der Waals surface area contributed by atoms with Crippen LogP contribution in [0.15, 0.2) is 0 Å². The van der Waals surface area contributed by atoms with Gasteiger partial charge in [-0.3, -0.25) is 9.69 Å². The van der Waals surface area contributed by atoms with E-state index in [1.54, 1.807) is 7.11 Å². The number of carbonyl (C=O) groups excluding carboxylic acids is 1. The summed E-state index contributed by atoms with van der Waals surface area (Å²) < 4.78 is 14.9. The van der Waals surface area contributed by atoms with Gasteiger partial charge in [0.15, 0.2) is 0 Å². The SMILES string of the molecule is COCCOCC(O)CN1CCCC[C@@H]1C(=O)OC. The molecule has 0 saturated carbocycles. The molecule has 0 aromatic heterocycles. The van der Waals surface area contributed by atoms with E-state index in [1.807, 2.05) is 4.90 Å². The van der Waals surface area contributed by atoms with Crippen molar-refractivity contribution in [3.05, 3.63) is 0 Å². The second-order valence-corrected chi connectivity index (χ2v) is 4.75. The van der Waals surface area contributed by atoms with Gasteiger partial charge < -0.3 is 19.3 Å². The summed E-state index contributed by atoms with van der Waals surface area (Å²) in [4.78, 5) is 13.7. The summed E-state index contributed by atoms with van der Waals surface area (Å²) in [6.45, 7) is 2.49. The normalized spacial score (nSPS) is 22.2. The molecule has 0 bridgehead atoms. The van der Waals surface area contributed by atoms with E-state index in [2.05, 4.69) is 0 Å². The number of likely N-dealkylation sites (tertiary alicyclic amines) is 1. The average molecular weight is 275 g/mol. The standard InChI is InChI=1S/C13H25NO5/c1-17-7-8-19-10-11(15)9-14-6-4-3-5-12(14)13(16)18-2/h11-12,15H,3-10H2,1-2H3/t11?,12-/m1/s1. The van der Waals surface area contributed by atoms with E-state index >= 15 is 0 Å². The molecule has 112 valence electrons. The Morgan fingerprint density at radius 3 is 2.84 bits per heavy atom. The zero-order valence-corrected chi connectivity index (χ0v) is 11.8. The van der Waals surface area contributed by atoms with Crippen LogP contribution in [-0.4, -0.2) is 75.3 Å². The topological polar surface area (TPSA) is 68.2 Å². The first-order valence-electron chi connectivity index (χ1n) is 6.75. The maximum Gasteiger partial charge on any atom is 0.323 e. The highest BCUT2D eigenvalue weighted by molar-refractivity contribution is 5.75. The largest absolute Gasteiger partial charge is 0.468 e. The van der Waals surface area contributed by atoms with Crippen LogP contribution in [0, 0.1) is 0 Å². The van der Waals surface area contributed by atoms with Crippen molar-refractivity contribution in [2.75, 3.05) is 47.1 Å². The Morgan fingerprint density at radius 1 is 1.37 bits per heavy atom. The Hall–Kier alpha value is -0.690. The Labute approximate surface area is 114 Å². The molecule has 0 aromatic rings. The fraction of sp³-hybridized carbons (Fsp3) is 0.923. The third-order valence-corrected chi connectivity index (χ3v) is 3.27. The molecule has 6 nitrogen and oxygen atoms in total. The van der Waals surface area contributed by atoms with E-state index in [0.717, 1.165) is 25.8 Å². The van der Waals surface area contributed by atoms with Crippen LogP contribution < -0.4 is 0 Å². The van der Waals surface area contributed by atoms with Gasteiger partial charge in [0.05, 0.1) is 33.0 Å². The molecule has 1 N–H and O–H groups in total. The van der Waals surface area contributed by atoms with E-state index in [9.17, 15) is 9.90 Å². The minimum atomic E-state index is -0.595. The van der Waals surface area contributed by atoms with Crippen LogP contribution in [0.1, 0.15) is 19.3 Å². The number of aliphatic hydroxyl groups excluding tert-OH is 1. The molecule has 1 rings (SSSR count). The molecule has 0 radical (unpaired) electrons. The first-order chi connectivity index (χ1) is 9.19. The van der Waals surface area contributed by atoms with Crippen molar-refractivity contribution in [1.29, 1.82) is 0 Å². The van der Waals surface area contributed by atoms with Crippen molar-refractivity contribution in [3.8, 4) is 0 Å². The Morgan fingerprint density at radius 2 is 2.16 bits per heavy atom. The Kier molecular flexibility index (Phi) is 7.97. The summed E-state index contributed by atoms with van der Waals surface area (Å²) in [5.74, 6) is -0.216. The van der Waals surface area contributed by atoms with Crippen molar-refractivity contribution >= 4 is 5.97 Å². The highest BCUT2D eigenvalue weighted by atomic mass is 16.5. The van der Waals surface area contributed by atoms with Gasteiger partial charge >= 0.3 is 5.97 Å². The third-order valence-electron chi connectivity index (χ3n) is 3.27. The number of methoxy groups -OCH3 is 2. The van der Waals surface area contributed by atoms with Crippen molar-refractivity contribution in [1.82, 2.24) is 4.90 Å². The number of aliphatic hydroxyl groups is 1. The van der Waals surface area contributed by atoms with Crippen molar-refractivity contribution < 1.29 is 24.1 Å². The molecule has 1 heterocycles. The van der Waals surface area contributed by atoms with E-state index in [1.165, 1.54) is 7.11 Å². The third kappa shape index (κ3) is 5.86. The van der Waals surface area contributed by atoms with Crippen LogP contribution >= 0.6 is 0 Å². The molecule has 0 aromatic carbocycles. The van der Waals surface area contributed by atoms with Gasteiger partial charge in [0, 0.05) is 13.7 Å². The van der Waals surface area contributed by atoms with Gasteiger partial charge in [-0.15, -0.1) is 0 Å². The van der Waals surface area contributed by atoms with Crippen LogP contribution in [0.3, 0.4) is 0 Å². The van der Waals surface area contributed by atoms with Gasteiger partial charge in [-0.25, -0.2) is 0 Å². The molecule has 1 saturated heterocycles. The molecule has 6 heteroatoms. The summed E-state index contributed by atoms with van der Waals surface area (Å²) >= 11 is 0. The quantitative estimate of drug-likeness (QED) is 0.498. The molecular weight excluding hydrogens is 250 g/mol. The van der Waals surface area contributed by atoms with Gasteiger partial charge in [0.25, 0.3) is 0 Å². The van der Waals surface area contributed by atoms with Crippen LogP contribution in [-0.2, 0) is 19.0 Å². The molecule has 1 fully saturated rings. The number of hydrogen-bond acceptors (Lipinski definition) is 6. The smallest absolute Gasteiger partial charge is 0.323 e. The monoisotopic (exact) mass is 275 g/mol. The average Bonchev–Trinajstić information content (AvgIpc) is 2.43. The fourth-order valence-corrected chi connectivity index (χ4v) is 2.30. The van der Waals surface area contributed by atoms with Gasteiger partial charge in [-0.1, -0.05) is 6.42 Å². The minimum Gasteiger partial charge on any atom is -0.468 e. The number of esters is 1. The number of nitrogens with zero attached hydrogens (tertiary/aromatic N) is 1. The number of β-amino-alcohol motifs (C(OH)–C–C–N with tert-alkyl or cyclic N) is 1. The molecule has 1 aliphatic rings. The molecule has 1 aliphatic heterocycles. The van der Waals surface area contributed by atoms with Crippen molar-refractivity contribution in [3.63, 3.8) is 0 Å². The van der Waals surface area contributed by atoms with Crippen molar-refractivity contribution in [2.45, 2.75) is 31.4 Å². The summed E-state index contributed by atoms with van der Waals surface area (Å²) in [7, 11) is 3.01. The summed E-state index contributed by atoms with van der Waals surface area (Å²) in [6.07, 6.45) is 2.27. The minimum absolute atomic E-state index is 0.216. The van der Waals surface area contributed by atoms with E-state index < -0.39 is 6.10 Å². The molecule has 0 amide bonds. The first-order valence-corrected chi connectivity index (χ1v) is 6.75. The molecule has 0 aliphatic carbocycles. The lowest BCUT2D eigenvalue weighted by molar-refractivity contribution is -0.149. The van der Waals surface area contributed by atoms with Crippen LogP contribution in [0.4, 0.5) is 0 Å². The predicted octanol–water partition coefficient (Wildman–Crippen LogP) is 0.0378. The van der Waals surface area contributed by atoms with Crippen molar-refractivity contribution in [2.24, 2.45) is 0 Å². The number of ether oxygens (including phenoxy) is 3. The zero-order chi connectivity index (χ0) is 14.1. The maximum atomic E-state index is 11.7. The van der Waals surface area contributed by atoms with Crippen LogP contribution in [0.25, 0.3) is 0 Å². The summed E-state index contributed by atoms with van der Waals surface area (Å²) in [5.41, 5.74) is 0. The number of piperidine rings is 1. The lowest BCUT2D eigenvalue weighted by Crippen LogP contribution is -2.49. The van der Waals surface area contributed by atoms with E-state index in [4.69, 9.17) is 14.2 Å². The summed E-state index contributed by atoms with van der Waals surface area (Å²) in [5, 5.41) is 9.91. The second-order valence-electron chi connectivity index (χ2n) is 4.75. The molecule has 19 heavy (non-hydrogen) atoms.